The number of ketones is 1. The topological polar surface area (TPSA) is 35.5 Å². The smallest absolute Gasteiger partial charge is 0.200 e. The largest absolute Gasteiger partial charge is 0.496 e. The van der Waals surface area contributed by atoms with E-state index in [1.807, 2.05) is 31.2 Å². The summed E-state index contributed by atoms with van der Waals surface area (Å²) >= 11 is 2.18. The van der Waals surface area contributed by atoms with Gasteiger partial charge in [0.05, 0.1) is 24.8 Å². The van der Waals surface area contributed by atoms with Crippen molar-refractivity contribution in [2.24, 2.45) is 0 Å². The number of hydrogen-bond donors (Lipinski definition) is 0. The van der Waals surface area contributed by atoms with Crippen molar-refractivity contribution in [2.75, 3.05) is 13.7 Å². The molecule has 0 amide bonds. The molecule has 0 saturated heterocycles. The lowest BCUT2D eigenvalue weighted by atomic mass is 10.0. The number of halogens is 1. The van der Waals surface area contributed by atoms with Crippen molar-refractivity contribution in [3.63, 3.8) is 0 Å². The van der Waals surface area contributed by atoms with Gasteiger partial charge in [-0.15, -0.1) is 0 Å². The van der Waals surface area contributed by atoms with Crippen LogP contribution in [0.1, 0.15) is 22.8 Å². The number of methoxy groups -OCH3 is 1. The van der Waals surface area contributed by atoms with Crippen LogP contribution in [0.5, 0.6) is 11.5 Å². The SMILES string of the molecule is CCOc1ccccc1C(=O)c1cc(I)ccc1OC. The first-order chi connectivity index (χ1) is 9.67. The molecule has 0 fully saturated rings. The fraction of sp³-hybridized carbons (Fsp3) is 0.188. The molecule has 0 saturated carbocycles. The maximum absolute atomic E-state index is 12.7. The number of carbonyl (C=O) groups is 1. The Bertz CT molecular complexity index is 623. The summed E-state index contributed by atoms with van der Waals surface area (Å²) in [6.45, 7) is 2.42. The molecule has 0 bridgehead atoms. The summed E-state index contributed by atoms with van der Waals surface area (Å²) < 4.78 is 11.8. The molecular formula is C16H15IO3. The Balaban J connectivity index is 2.49. The molecule has 0 N–H and O–H groups in total. The van der Waals surface area contributed by atoms with E-state index >= 15 is 0 Å². The Morgan fingerprint density at radius 3 is 2.55 bits per heavy atom. The van der Waals surface area contributed by atoms with E-state index < -0.39 is 0 Å². The third-order valence-electron chi connectivity index (χ3n) is 2.84. The number of para-hydroxylation sites is 1. The molecule has 0 unspecified atom stereocenters. The maximum atomic E-state index is 12.7. The molecule has 2 aromatic carbocycles. The number of hydrogen-bond acceptors (Lipinski definition) is 3. The Morgan fingerprint density at radius 1 is 1.10 bits per heavy atom. The predicted molar refractivity (Wildman–Crippen MR) is 86.8 cm³/mol. The number of carbonyl (C=O) groups excluding carboxylic acids is 1. The minimum absolute atomic E-state index is 0.0931. The lowest BCUT2D eigenvalue weighted by Crippen LogP contribution is -2.07. The maximum Gasteiger partial charge on any atom is 0.200 e. The second-order valence-electron chi connectivity index (χ2n) is 4.10. The fourth-order valence-electron chi connectivity index (χ4n) is 1.94. The van der Waals surface area contributed by atoms with E-state index in [1.54, 1.807) is 25.3 Å². The van der Waals surface area contributed by atoms with Crippen LogP contribution in [0.25, 0.3) is 0 Å². The number of ether oxygens (including phenoxy) is 2. The van der Waals surface area contributed by atoms with Crippen molar-refractivity contribution >= 4 is 28.4 Å². The first-order valence-electron chi connectivity index (χ1n) is 6.27. The summed E-state index contributed by atoms with van der Waals surface area (Å²) in [7, 11) is 1.56. The van der Waals surface area contributed by atoms with Crippen LogP contribution in [-0.4, -0.2) is 19.5 Å². The van der Waals surface area contributed by atoms with Crippen molar-refractivity contribution in [1.29, 1.82) is 0 Å². The van der Waals surface area contributed by atoms with Gasteiger partial charge in [-0.05, 0) is 59.8 Å². The van der Waals surface area contributed by atoms with E-state index in [4.69, 9.17) is 9.47 Å². The van der Waals surface area contributed by atoms with Crippen LogP contribution in [0, 0.1) is 3.57 Å². The lowest BCUT2D eigenvalue weighted by molar-refractivity contribution is 0.103. The third-order valence-corrected chi connectivity index (χ3v) is 3.51. The lowest BCUT2D eigenvalue weighted by Gasteiger charge is -2.11. The molecule has 0 aliphatic carbocycles. The zero-order valence-corrected chi connectivity index (χ0v) is 13.5. The Hall–Kier alpha value is -1.56. The number of rotatable bonds is 5. The average Bonchev–Trinajstić information content (AvgIpc) is 2.47. The molecule has 0 spiro atoms. The van der Waals surface area contributed by atoms with E-state index in [2.05, 4.69) is 22.6 Å². The van der Waals surface area contributed by atoms with Gasteiger partial charge in [-0.2, -0.15) is 0 Å². The van der Waals surface area contributed by atoms with Gasteiger partial charge in [-0.1, -0.05) is 12.1 Å². The van der Waals surface area contributed by atoms with Crippen LogP contribution in [-0.2, 0) is 0 Å². The van der Waals surface area contributed by atoms with Crippen molar-refractivity contribution in [3.05, 3.63) is 57.2 Å². The Morgan fingerprint density at radius 2 is 1.85 bits per heavy atom. The minimum Gasteiger partial charge on any atom is -0.496 e. The molecule has 2 aromatic rings. The van der Waals surface area contributed by atoms with E-state index in [1.165, 1.54) is 0 Å². The van der Waals surface area contributed by atoms with Gasteiger partial charge >= 0.3 is 0 Å². The van der Waals surface area contributed by atoms with Gasteiger partial charge in [0.25, 0.3) is 0 Å². The highest BCUT2D eigenvalue weighted by molar-refractivity contribution is 14.1. The standard InChI is InChI=1S/C16H15IO3/c1-3-20-15-7-5-4-6-12(15)16(18)13-10-11(17)8-9-14(13)19-2/h4-10H,3H2,1-2H3. The summed E-state index contributed by atoms with van der Waals surface area (Å²) in [5, 5.41) is 0. The molecule has 0 aromatic heterocycles. The van der Waals surface area contributed by atoms with Gasteiger partial charge in [-0.25, -0.2) is 0 Å². The van der Waals surface area contributed by atoms with Crippen LogP contribution in [0.15, 0.2) is 42.5 Å². The van der Waals surface area contributed by atoms with Gasteiger partial charge in [0.2, 0.25) is 5.78 Å². The molecule has 104 valence electrons. The van der Waals surface area contributed by atoms with Gasteiger partial charge < -0.3 is 9.47 Å². The van der Waals surface area contributed by atoms with Gasteiger partial charge in [0.15, 0.2) is 0 Å². The zero-order chi connectivity index (χ0) is 14.5. The summed E-state index contributed by atoms with van der Waals surface area (Å²) in [4.78, 5) is 12.7. The van der Waals surface area contributed by atoms with Gasteiger partial charge in [0.1, 0.15) is 11.5 Å². The minimum atomic E-state index is -0.0931. The molecule has 0 radical (unpaired) electrons. The quantitative estimate of drug-likeness (QED) is 0.581. The zero-order valence-electron chi connectivity index (χ0n) is 11.4. The summed E-state index contributed by atoms with van der Waals surface area (Å²) in [5.74, 6) is 1.08. The average molecular weight is 382 g/mol. The number of benzene rings is 2. The van der Waals surface area contributed by atoms with Crippen LogP contribution < -0.4 is 9.47 Å². The highest BCUT2D eigenvalue weighted by Crippen LogP contribution is 2.27. The van der Waals surface area contributed by atoms with E-state index in [-0.39, 0.29) is 5.78 Å². The van der Waals surface area contributed by atoms with Crippen LogP contribution in [0.4, 0.5) is 0 Å². The van der Waals surface area contributed by atoms with Crippen molar-refractivity contribution in [3.8, 4) is 11.5 Å². The van der Waals surface area contributed by atoms with Crippen molar-refractivity contribution in [2.45, 2.75) is 6.92 Å². The second kappa shape index (κ2) is 6.74. The molecule has 2 rings (SSSR count). The molecule has 4 heteroatoms. The molecule has 0 aliphatic rings. The monoisotopic (exact) mass is 382 g/mol. The third kappa shape index (κ3) is 3.12. The van der Waals surface area contributed by atoms with E-state index in [9.17, 15) is 4.79 Å². The van der Waals surface area contributed by atoms with Crippen molar-refractivity contribution in [1.82, 2.24) is 0 Å². The van der Waals surface area contributed by atoms with Crippen molar-refractivity contribution < 1.29 is 14.3 Å². The first-order valence-corrected chi connectivity index (χ1v) is 7.35. The van der Waals surface area contributed by atoms with Crippen LogP contribution >= 0.6 is 22.6 Å². The molecule has 0 heterocycles. The van der Waals surface area contributed by atoms with Crippen LogP contribution in [0.3, 0.4) is 0 Å². The molecule has 20 heavy (non-hydrogen) atoms. The Labute approximate surface area is 132 Å². The summed E-state index contributed by atoms with van der Waals surface area (Å²) in [6, 6.07) is 12.8. The predicted octanol–water partition coefficient (Wildman–Crippen LogP) is 3.93. The second-order valence-corrected chi connectivity index (χ2v) is 5.35. The van der Waals surface area contributed by atoms with E-state index in [0.717, 1.165) is 3.57 Å². The fourth-order valence-corrected chi connectivity index (χ4v) is 2.43. The molecule has 0 atom stereocenters. The molecular weight excluding hydrogens is 367 g/mol. The highest BCUT2D eigenvalue weighted by Gasteiger charge is 2.18. The Kier molecular flexibility index (Phi) is 5.00. The van der Waals surface area contributed by atoms with E-state index in [0.29, 0.717) is 29.2 Å². The van der Waals surface area contributed by atoms with Crippen LogP contribution in [0.2, 0.25) is 0 Å². The summed E-state index contributed by atoms with van der Waals surface area (Å²) in [6.07, 6.45) is 0. The molecule has 3 nitrogen and oxygen atoms in total. The molecule has 0 aliphatic heterocycles. The normalized spacial score (nSPS) is 10.2. The van der Waals surface area contributed by atoms with Gasteiger partial charge in [-0.3, -0.25) is 4.79 Å². The summed E-state index contributed by atoms with van der Waals surface area (Å²) in [5.41, 5.74) is 1.10. The van der Waals surface area contributed by atoms with Gasteiger partial charge in [0, 0.05) is 3.57 Å². The first kappa shape index (κ1) is 14.8. The highest BCUT2D eigenvalue weighted by atomic mass is 127.